The lowest BCUT2D eigenvalue weighted by atomic mass is 9.99. The Morgan fingerprint density at radius 2 is 1.70 bits per heavy atom. The molecule has 1 fully saturated rings. The van der Waals surface area contributed by atoms with E-state index in [1.54, 1.807) is 23.7 Å². The summed E-state index contributed by atoms with van der Waals surface area (Å²) >= 11 is 1.75. The summed E-state index contributed by atoms with van der Waals surface area (Å²) in [5.74, 6) is 3.15. The van der Waals surface area contributed by atoms with Crippen molar-refractivity contribution in [1.82, 2.24) is 24.7 Å². The zero-order chi connectivity index (χ0) is 31.9. The van der Waals surface area contributed by atoms with Crippen molar-refractivity contribution in [3.05, 3.63) is 75.4 Å². The minimum absolute atomic E-state index is 0.196. The summed E-state index contributed by atoms with van der Waals surface area (Å²) in [6.45, 7) is 11.3. The van der Waals surface area contributed by atoms with Crippen LogP contribution in [0.3, 0.4) is 0 Å². The molecule has 242 valence electrons. The summed E-state index contributed by atoms with van der Waals surface area (Å²) in [5.41, 5.74) is 4.80. The van der Waals surface area contributed by atoms with E-state index < -0.39 is 0 Å². The van der Waals surface area contributed by atoms with Crippen molar-refractivity contribution in [2.45, 2.75) is 46.3 Å². The van der Waals surface area contributed by atoms with Crippen LogP contribution in [0, 0.1) is 20.8 Å². The Bertz CT molecular complexity index is 1660. The van der Waals surface area contributed by atoms with E-state index in [4.69, 9.17) is 23.9 Å². The van der Waals surface area contributed by atoms with E-state index in [0.717, 1.165) is 71.5 Å². The number of aldehydes is 1. The summed E-state index contributed by atoms with van der Waals surface area (Å²) in [5, 5.41) is 9.77. The SMILES string of the molecule is Cc1sc2c(c1C)C(c1cccc(OCCOCCOCCOC3CCN(c4ncc(C=O)cn4)CC3)c1)=NCc1nnc(C)n1-2. The molecule has 0 amide bonds. The minimum Gasteiger partial charge on any atom is -0.491 e. The fraction of sp³-hybridized carbons (Fsp3) is 0.455. The Balaban J connectivity index is 0.875. The van der Waals surface area contributed by atoms with Gasteiger partial charge in [-0.1, -0.05) is 12.1 Å². The molecule has 13 heteroatoms. The molecule has 0 unspecified atom stereocenters. The highest BCUT2D eigenvalue weighted by Gasteiger charge is 2.26. The van der Waals surface area contributed by atoms with Crippen molar-refractivity contribution in [3.8, 4) is 10.8 Å². The Morgan fingerprint density at radius 3 is 2.46 bits per heavy atom. The first-order valence-electron chi connectivity index (χ1n) is 15.6. The lowest BCUT2D eigenvalue weighted by molar-refractivity contribution is -0.0198. The average molecular weight is 646 g/mol. The van der Waals surface area contributed by atoms with E-state index in [1.807, 2.05) is 25.1 Å². The molecule has 4 aromatic rings. The van der Waals surface area contributed by atoms with Crippen molar-refractivity contribution < 1.29 is 23.7 Å². The van der Waals surface area contributed by atoms with Crippen LogP contribution in [0.5, 0.6) is 5.75 Å². The van der Waals surface area contributed by atoms with Crippen LogP contribution in [-0.4, -0.2) is 95.6 Å². The van der Waals surface area contributed by atoms with Gasteiger partial charge in [-0.2, -0.15) is 0 Å². The zero-order valence-electron chi connectivity index (χ0n) is 26.5. The van der Waals surface area contributed by atoms with Crippen LogP contribution in [0.15, 0.2) is 41.7 Å². The number of hydrogen-bond donors (Lipinski definition) is 0. The highest BCUT2D eigenvalue weighted by Crippen LogP contribution is 2.36. The normalized spacial score (nSPS) is 14.8. The van der Waals surface area contributed by atoms with E-state index in [9.17, 15) is 4.79 Å². The van der Waals surface area contributed by atoms with Crippen LogP contribution < -0.4 is 9.64 Å². The number of aromatic nitrogens is 5. The van der Waals surface area contributed by atoms with Crippen molar-refractivity contribution in [2.24, 2.45) is 4.99 Å². The summed E-state index contributed by atoms with van der Waals surface area (Å²) in [7, 11) is 0. The molecule has 3 aromatic heterocycles. The molecular weight excluding hydrogens is 606 g/mol. The first-order chi connectivity index (χ1) is 22.5. The van der Waals surface area contributed by atoms with Gasteiger partial charge in [0.15, 0.2) is 12.1 Å². The maximum atomic E-state index is 10.8. The Labute approximate surface area is 272 Å². The molecule has 12 nitrogen and oxygen atoms in total. The van der Waals surface area contributed by atoms with Crippen LogP contribution in [0.2, 0.25) is 0 Å². The van der Waals surface area contributed by atoms with Crippen LogP contribution >= 0.6 is 11.3 Å². The molecule has 0 bridgehead atoms. The van der Waals surface area contributed by atoms with Gasteiger partial charge in [0.2, 0.25) is 5.95 Å². The van der Waals surface area contributed by atoms with Crippen molar-refractivity contribution in [1.29, 1.82) is 0 Å². The van der Waals surface area contributed by atoms with E-state index in [-0.39, 0.29) is 6.10 Å². The predicted molar refractivity (Wildman–Crippen MR) is 175 cm³/mol. The van der Waals surface area contributed by atoms with Crippen LogP contribution in [-0.2, 0) is 20.8 Å². The van der Waals surface area contributed by atoms with Gasteiger partial charge >= 0.3 is 0 Å². The largest absolute Gasteiger partial charge is 0.491 e. The van der Waals surface area contributed by atoms with E-state index in [0.29, 0.717) is 57.7 Å². The molecule has 0 aliphatic carbocycles. The first-order valence-corrected chi connectivity index (χ1v) is 16.4. The van der Waals surface area contributed by atoms with Gasteiger partial charge in [-0.25, -0.2) is 9.97 Å². The van der Waals surface area contributed by atoms with Gasteiger partial charge in [-0.05, 0) is 51.3 Å². The van der Waals surface area contributed by atoms with Gasteiger partial charge in [0.25, 0.3) is 0 Å². The Kier molecular flexibility index (Phi) is 10.4. The molecule has 1 saturated heterocycles. The number of hydrogen-bond acceptors (Lipinski definition) is 12. The second-order valence-electron chi connectivity index (χ2n) is 11.2. The highest BCUT2D eigenvalue weighted by atomic mass is 32.1. The maximum Gasteiger partial charge on any atom is 0.225 e. The van der Waals surface area contributed by atoms with Gasteiger partial charge < -0.3 is 23.8 Å². The quantitative estimate of drug-likeness (QED) is 0.145. The van der Waals surface area contributed by atoms with Gasteiger partial charge in [-0.15, -0.1) is 21.5 Å². The third kappa shape index (κ3) is 7.33. The van der Waals surface area contributed by atoms with E-state index in [2.05, 4.69) is 49.5 Å². The number of benzene rings is 1. The number of ether oxygens (including phenoxy) is 4. The molecule has 5 heterocycles. The lowest BCUT2D eigenvalue weighted by Gasteiger charge is -2.31. The van der Waals surface area contributed by atoms with E-state index in [1.165, 1.54) is 10.4 Å². The third-order valence-electron chi connectivity index (χ3n) is 8.15. The molecule has 0 atom stereocenters. The van der Waals surface area contributed by atoms with Gasteiger partial charge in [0, 0.05) is 41.5 Å². The Morgan fingerprint density at radius 1 is 0.957 bits per heavy atom. The summed E-state index contributed by atoms with van der Waals surface area (Å²) in [4.78, 5) is 27.7. The molecule has 6 rings (SSSR count). The van der Waals surface area contributed by atoms with Crippen LogP contribution in [0.1, 0.15) is 56.4 Å². The number of rotatable bonds is 14. The number of thiophene rings is 1. The average Bonchev–Trinajstić information content (AvgIpc) is 3.53. The first kappa shape index (κ1) is 31.9. The Hall–Kier alpha value is -4.04. The summed E-state index contributed by atoms with van der Waals surface area (Å²) in [6.07, 6.45) is 5.85. The van der Waals surface area contributed by atoms with Crippen molar-refractivity contribution >= 4 is 29.3 Å². The van der Waals surface area contributed by atoms with Crippen molar-refractivity contribution in [3.63, 3.8) is 0 Å². The topological polar surface area (TPSA) is 126 Å². The standard InChI is InChI=1S/C33H39N7O5S/c1-22-23(2)46-32-30(22)31(34-20-29-38-37-24(3)40(29)32)26-5-4-6-28(17-26)45-16-14-43-12-11-42-13-15-44-27-7-9-39(10-8-27)33-35-18-25(21-41)19-36-33/h4-6,17-19,21,27H,7-16,20H2,1-3H3. The smallest absolute Gasteiger partial charge is 0.225 e. The monoisotopic (exact) mass is 645 g/mol. The second-order valence-corrected chi connectivity index (χ2v) is 12.4. The third-order valence-corrected chi connectivity index (χ3v) is 9.35. The second kappa shape index (κ2) is 15.0. The van der Waals surface area contributed by atoms with Crippen LogP contribution in [0.25, 0.3) is 5.00 Å². The number of anilines is 1. The molecule has 2 aliphatic heterocycles. The fourth-order valence-electron chi connectivity index (χ4n) is 5.61. The molecular formula is C33H39N7O5S. The molecule has 46 heavy (non-hydrogen) atoms. The number of aliphatic imine (C=N–C) groups is 1. The molecule has 2 aliphatic rings. The molecule has 1 aromatic carbocycles. The fourth-order valence-corrected chi connectivity index (χ4v) is 6.83. The number of aryl methyl sites for hydroxylation is 2. The lowest BCUT2D eigenvalue weighted by Crippen LogP contribution is -2.38. The summed E-state index contributed by atoms with van der Waals surface area (Å²) in [6, 6.07) is 8.08. The minimum atomic E-state index is 0.196. The number of carbonyl (C=O) groups is 1. The number of fused-ring (bicyclic) bond motifs is 3. The van der Waals surface area contributed by atoms with Crippen molar-refractivity contribution in [2.75, 3.05) is 57.6 Å². The zero-order valence-corrected chi connectivity index (χ0v) is 27.3. The maximum absolute atomic E-state index is 10.8. The van der Waals surface area contributed by atoms with Crippen LogP contribution in [0.4, 0.5) is 5.95 Å². The number of carbonyl (C=O) groups excluding carboxylic acids is 1. The predicted octanol–water partition coefficient (Wildman–Crippen LogP) is 4.31. The summed E-state index contributed by atoms with van der Waals surface area (Å²) < 4.78 is 25.6. The highest BCUT2D eigenvalue weighted by molar-refractivity contribution is 7.15. The molecule has 0 saturated carbocycles. The molecule has 0 radical (unpaired) electrons. The molecule has 0 spiro atoms. The number of piperidine rings is 1. The van der Waals surface area contributed by atoms with Gasteiger partial charge in [-0.3, -0.25) is 14.4 Å². The van der Waals surface area contributed by atoms with Gasteiger partial charge in [0.1, 0.15) is 29.7 Å². The number of nitrogens with zero attached hydrogens (tertiary/aromatic N) is 7. The van der Waals surface area contributed by atoms with Gasteiger partial charge in [0.05, 0.1) is 50.4 Å². The molecule has 0 N–H and O–H groups in total. The van der Waals surface area contributed by atoms with E-state index >= 15 is 0 Å².